The summed E-state index contributed by atoms with van der Waals surface area (Å²) in [6, 6.07) is 2.48. The standard InChI is InChI=1S/C13H18ClN3O3/c1-4-10(7(2)3)16-13(18)8-5-9(14)12(15)11(6-8)17(19)20/h5-7,10H,4,15H2,1-3H3,(H,16,18). The number of nitro groups is 1. The molecule has 0 heterocycles. The van der Waals surface area contributed by atoms with Gasteiger partial charge >= 0.3 is 0 Å². The first kappa shape index (κ1) is 16.2. The summed E-state index contributed by atoms with van der Waals surface area (Å²) in [7, 11) is 0. The minimum absolute atomic E-state index is 0.00180. The Morgan fingerprint density at radius 1 is 1.50 bits per heavy atom. The predicted molar refractivity (Wildman–Crippen MR) is 78.9 cm³/mol. The van der Waals surface area contributed by atoms with Gasteiger partial charge in [0.1, 0.15) is 5.69 Å². The van der Waals surface area contributed by atoms with Gasteiger partial charge in [-0.3, -0.25) is 14.9 Å². The van der Waals surface area contributed by atoms with E-state index in [2.05, 4.69) is 5.32 Å². The van der Waals surface area contributed by atoms with Gasteiger partial charge in [-0.25, -0.2) is 0 Å². The minimum atomic E-state index is -0.655. The Morgan fingerprint density at radius 2 is 2.10 bits per heavy atom. The van der Waals surface area contributed by atoms with Gasteiger partial charge in [0.2, 0.25) is 0 Å². The molecule has 0 aliphatic heterocycles. The molecule has 6 nitrogen and oxygen atoms in total. The second-order valence-electron chi connectivity index (χ2n) is 4.88. The van der Waals surface area contributed by atoms with Crippen molar-refractivity contribution in [1.82, 2.24) is 5.32 Å². The Kier molecular flexibility index (Phi) is 5.33. The second kappa shape index (κ2) is 6.56. The van der Waals surface area contributed by atoms with Crippen LogP contribution in [0.5, 0.6) is 0 Å². The van der Waals surface area contributed by atoms with E-state index in [4.69, 9.17) is 17.3 Å². The Bertz CT molecular complexity index is 532. The van der Waals surface area contributed by atoms with Crippen molar-refractivity contribution in [2.24, 2.45) is 5.92 Å². The first-order chi connectivity index (χ1) is 9.27. The lowest BCUT2D eigenvalue weighted by Gasteiger charge is -2.20. The fraction of sp³-hybridized carbons (Fsp3) is 0.462. The maximum atomic E-state index is 12.1. The second-order valence-corrected chi connectivity index (χ2v) is 5.29. The Labute approximate surface area is 122 Å². The van der Waals surface area contributed by atoms with Crippen LogP contribution in [-0.2, 0) is 0 Å². The molecule has 0 aliphatic rings. The predicted octanol–water partition coefficient (Wildman–Crippen LogP) is 2.99. The van der Waals surface area contributed by atoms with Crippen LogP contribution in [0, 0.1) is 16.0 Å². The molecule has 0 spiro atoms. The largest absolute Gasteiger partial charge is 0.392 e. The fourth-order valence-electron chi connectivity index (χ4n) is 1.88. The van der Waals surface area contributed by atoms with E-state index in [1.807, 2.05) is 20.8 Å². The molecule has 0 aliphatic carbocycles. The number of carbonyl (C=O) groups is 1. The van der Waals surface area contributed by atoms with Gasteiger partial charge in [-0.15, -0.1) is 0 Å². The number of nitrogens with one attached hydrogen (secondary N) is 1. The molecule has 110 valence electrons. The molecule has 20 heavy (non-hydrogen) atoms. The zero-order valence-corrected chi connectivity index (χ0v) is 12.4. The molecule has 3 N–H and O–H groups in total. The van der Waals surface area contributed by atoms with Crippen molar-refractivity contribution in [3.05, 3.63) is 32.8 Å². The number of nitrogens with zero attached hydrogens (tertiary/aromatic N) is 1. The maximum Gasteiger partial charge on any atom is 0.294 e. The molecule has 1 unspecified atom stereocenters. The normalized spacial score (nSPS) is 12.2. The third-order valence-electron chi connectivity index (χ3n) is 3.13. The van der Waals surface area contributed by atoms with Crippen molar-refractivity contribution in [2.75, 3.05) is 5.73 Å². The Balaban J connectivity index is 3.08. The number of nitro benzene ring substituents is 1. The van der Waals surface area contributed by atoms with E-state index >= 15 is 0 Å². The number of anilines is 1. The van der Waals surface area contributed by atoms with Gasteiger partial charge in [-0.05, 0) is 18.4 Å². The Hall–Kier alpha value is -1.82. The molecule has 1 aromatic carbocycles. The molecule has 0 radical (unpaired) electrons. The van der Waals surface area contributed by atoms with E-state index in [0.717, 1.165) is 12.5 Å². The smallest absolute Gasteiger partial charge is 0.294 e. The Morgan fingerprint density at radius 3 is 2.55 bits per heavy atom. The van der Waals surface area contributed by atoms with Crippen LogP contribution in [0.4, 0.5) is 11.4 Å². The molecule has 1 aromatic rings. The van der Waals surface area contributed by atoms with Crippen molar-refractivity contribution in [2.45, 2.75) is 33.2 Å². The summed E-state index contributed by atoms with van der Waals surface area (Å²) in [5, 5.41) is 13.7. The topological polar surface area (TPSA) is 98.3 Å². The van der Waals surface area contributed by atoms with Gasteiger partial charge in [0.25, 0.3) is 11.6 Å². The summed E-state index contributed by atoms with van der Waals surface area (Å²) < 4.78 is 0. The van der Waals surface area contributed by atoms with Crippen molar-refractivity contribution in [1.29, 1.82) is 0 Å². The maximum absolute atomic E-state index is 12.1. The van der Waals surface area contributed by atoms with Crippen LogP contribution in [0.2, 0.25) is 5.02 Å². The first-order valence-electron chi connectivity index (χ1n) is 6.32. The zero-order valence-electron chi connectivity index (χ0n) is 11.6. The number of carbonyl (C=O) groups excluding carboxylic acids is 1. The molecule has 7 heteroatoms. The van der Waals surface area contributed by atoms with Crippen LogP contribution in [-0.4, -0.2) is 16.9 Å². The number of halogens is 1. The summed E-state index contributed by atoms with van der Waals surface area (Å²) in [6.07, 6.45) is 0.772. The molecule has 1 rings (SSSR count). The first-order valence-corrected chi connectivity index (χ1v) is 6.70. The summed E-state index contributed by atoms with van der Waals surface area (Å²) in [4.78, 5) is 22.3. The average Bonchev–Trinajstić information content (AvgIpc) is 2.37. The molecule has 0 saturated carbocycles. The van der Waals surface area contributed by atoms with E-state index < -0.39 is 10.8 Å². The molecule has 1 atom stereocenters. The number of nitrogen functional groups attached to an aromatic ring is 1. The van der Waals surface area contributed by atoms with Crippen LogP contribution in [0.3, 0.4) is 0 Å². The van der Waals surface area contributed by atoms with Crippen molar-refractivity contribution in [3.63, 3.8) is 0 Å². The molecule has 0 saturated heterocycles. The third-order valence-corrected chi connectivity index (χ3v) is 3.44. The summed E-state index contributed by atoms with van der Waals surface area (Å²) in [6.45, 7) is 5.95. The highest BCUT2D eigenvalue weighted by Gasteiger charge is 2.21. The third kappa shape index (κ3) is 3.60. The summed E-state index contributed by atoms with van der Waals surface area (Å²) in [5.74, 6) is -0.126. The van der Waals surface area contributed by atoms with Crippen LogP contribution >= 0.6 is 11.6 Å². The quantitative estimate of drug-likeness (QED) is 0.496. The number of benzene rings is 1. The van der Waals surface area contributed by atoms with E-state index in [1.54, 1.807) is 0 Å². The molecular formula is C13H18ClN3O3. The number of hydrogen-bond donors (Lipinski definition) is 2. The molecule has 0 bridgehead atoms. The average molecular weight is 300 g/mol. The van der Waals surface area contributed by atoms with Crippen LogP contribution in [0.1, 0.15) is 37.6 Å². The SMILES string of the molecule is CCC(NC(=O)c1cc(Cl)c(N)c([N+](=O)[O-])c1)C(C)C. The van der Waals surface area contributed by atoms with Gasteiger partial charge < -0.3 is 11.1 Å². The van der Waals surface area contributed by atoms with Crippen LogP contribution in [0.25, 0.3) is 0 Å². The summed E-state index contributed by atoms with van der Waals surface area (Å²) >= 11 is 5.83. The lowest BCUT2D eigenvalue weighted by atomic mass is 10.0. The van der Waals surface area contributed by atoms with Crippen LogP contribution < -0.4 is 11.1 Å². The van der Waals surface area contributed by atoms with Gasteiger partial charge in [0.05, 0.1) is 9.95 Å². The van der Waals surface area contributed by atoms with Gasteiger partial charge in [0.15, 0.2) is 0 Å². The molecular weight excluding hydrogens is 282 g/mol. The van der Waals surface area contributed by atoms with Gasteiger partial charge in [0, 0.05) is 17.7 Å². The van der Waals surface area contributed by atoms with Crippen LogP contribution in [0.15, 0.2) is 12.1 Å². The highest BCUT2D eigenvalue weighted by Crippen LogP contribution is 2.30. The van der Waals surface area contributed by atoms with E-state index in [9.17, 15) is 14.9 Å². The van der Waals surface area contributed by atoms with E-state index in [1.165, 1.54) is 6.07 Å². The van der Waals surface area contributed by atoms with Gasteiger partial charge in [-0.2, -0.15) is 0 Å². The molecule has 0 aromatic heterocycles. The monoisotopic (exact) mass is 299 g/mol. The van der Waals surface area contributed by atoms with Crippen molar-refractivity contribution >= 4 is 28.9 Å². The highest BCUT2D eigenvalue weighted by molar-refractivity contribution is 6.34. The number of rotatable bonds is 5. The fourth-order valence-corrected chi connectivity index (χ4v) is 2.09. The van der Waals surface area contributed by atoms with E-state index in [-0.39, 0.29) is 33.9 Å². The molecule has 1 amide bonds. The van der Waals surface area contributed by atoms with E-state index in [0.29, 0.717) is 0 Å². The minimum Gasteiger partial charge on any atom is -0.392 e. The lowest BCUT2D eigenvalue weighted by molar-refractivity contribution is -0.383. The zero-order chi connectivity index (χ0) is 15.4. The molecule has 0 fully saturated rings. The number of amides is 1. The number of hydrogen-bond acceptors (Lipinski definition) is 4. The number of nitrogens with two attached hydrogens (primary N) is 1. The van der Waals surface area contributed by atoms with Crippen molar-refractivity contribution < 1.29 is 9.72 Å². The van der Waals surface area contributed by atoms with Crippen molar-refractivity contribution in [3.8, 4) is 0 Å². The highest BCUT2D eigenvalue weighted by atomic mass is 35.5. The van der Waals surface area contributed by atoms with Gasteiger partial charge in [-0.1, -0.05) is 32.4 Å². The summed E-state index contributed by atoms with van der Waals surface area (Å²) in [5.41, 5.74) is 5.16. The lowest BCUT2D eigenvalue weighted by Crippen LogP contribution is -2.38.